The summed E-state index contributed by atoms with van der Waals surface area (Å²) in [4.78, 5) is 3.55. The molecule has 3 aromatic carbocycles. The molecule has 0 aliphatic rings. The summed E-state index contributed by atoms with van der Waals surface area (Å²) in [5.74, 6) is 0. The molecule has 1 N–H and O–H groups in total. The summed E-state index contributed by atoms with van der Waals surface area (Å²) >= 11 is 0. The first-order chi connectivity index (χ1) is 10.3. The van der Waals surface area contributed by atoms with Crippen LogP contribution in [0.15, 0.2) is 72.8 Å². The van der Waals surface area contributed by atoms with Crippen molar-refractivity contribution in [2.45, 2.75) is 6.92 Å². The van der Waals surface area contributed by atoms with E-state index < -0.39 is 0 Å². The van der Waals surface area contributed by atoms with E-state index >= 15 is 0 Å². The Labute approximate surface area is 123 Å². The molecule has 21 heavy (non-hydrogen) atoms. The van der Waals surface area contributed by atoms with Gasteiger partial charge < -0.3 is 0 Å². The normalized spacial score (nSPS) is 11.1. The molecule has 0 aliphatic carbocycles. The van der Waals surface area contributed by atoms with Crippen LogP contribution in [0.4, 0.5) is 0 Å². The molecule has 1 aromatic heterocycles. The Morgan fingerprint density at radius 1 is 0.667 bits per heavy atom. The van der Waals surface area contributed by atoms with E-state index in [0.29, 0.717) is 0 Å². The average molecular weight is 270 g/mol. The van der Waals surface area contributed by atoms with Crippen molar-refractivity contribution in [1.82, 2.24) is 0 Å². The Kier molecular flexibility index (Phi) is 2.71. The Bertz CT molecular complexity index is 937. The van der Waals surface area contributed by atoms with Crippen molar-refractivity contribution < 1.29 is 4.98 Å². The number of aromatic nitrogens is 1. The highest BCUT2D eigenvalue weighted by molar-refractivity contribution is 6.05. The van der Waals surface area contributed by atoms with E-state index in [1.165, 1.54) is 32.8 Å². The minimum absolute atomic E-state index is 1.15. The number of aryl methyl sites for hydroxylation is 1. The molecule has 0 saturated carbocycles. The van der Waals surface area contributed by atoms with Crippen molar-refractivity contribution in [3.05, 3.63) is 78.4 Å². The van der Waals surface area contributed by atoms with Crippen LogP contribution in [0.5, 0.6) is 0 Å². The van der Waals surface area contributed by atoms with Crippen LogP contribution in [0.2, 0.25) is 0 Å². The van der Waals surface area contributed by atoms with Crippen LogP contribution in [0.25, 0.3) is 32.9 Å². The summed E-state index contributed by atoms with van der Waals surface area (Å²) in [5, 5.41) is 3.84. The van der Waals surface area contributed by atoms with E-state index in [9.17, 15) is 0 Å². The predicted octanol–water partition coefficient (Wildman–Crippen LogP) is 4.78. The molecule has 1 heterocycles. The molecule has 0 radical (unpaired) electrons. The van der Waals surface area contributed by atoms with Crippen LogP contribution in [0.1, 0.15) is 5.56 Å². The largest absolute Gasteiger partial charge is 0.211 e. The maximum atomic E-state index is 3.55. The molecule has 1 heteroatoms. The van der Waals surface area contributed by atoms with Crippen LogP contribution < -0.4 is 4.98 Å². The van der Waals surface area contributed by atoms with Crippen molar-refractivity contribution >= 4 is 21.7 Å². The number of aromatic amines is 1. The minimum Gasteiger partial charge on any atom is -0.204 e. The van der Waals surface area contributed by atoms with Gasteiger partial charge in [0.15, 0.2) is 0 Å². The van der Waals surface area contributed by atoms with Gasteiger partial charge in [-0.1, -0.05) is 42.0 Å². The van der Waals surface area contributed by atoms with Crippen molar-refractivity contribution in [3.63, 3.8) is 0 Å². The van der Waals surface area contributed by atoms with Crippen LogP contribution in [0, 0.1) is 6.92 Å². The van der Waals surface area contributed by atoms with E-state index in [4.69, 9.17) is 0 Å². The Balaban J connectivity index is 1.94. The summed E-state index contributed by atoms with van der Waals surface area (Å²) in [5.41, 5.74) is 4.82. The number of hydrogen-bond acceptors (Lipinski definition) is 0. The third kappa shape index (κ3) is 2.07. The molecule has 0 aliphatic heterocycles. The van der Waals surface area contributed by atoms with Crippen molar-refractivity contribution in [1.29, 1.82) is 0 Å². The predicted molar refractivity (Wildman–Crippen MR) is 88.2 cm³/mol. The fourth-order valence-corrected chi connectivity index (χ4v) is 2.84. The zero-order valence-electron chi connectivity index (χ0n) is 11.9. The van der Waals surface area contributed by atoms with Gasteiger partial charge in [0.25, 0.3) is 0 Å². The van der Waals surface area contributed by atoms with Gasteiger partial charge >= 0.3 is 0 Å². The zero-order valence-corrected chi connectivity index (χ0v) is 11.9. The molecule has 0 atom stereocenters. The molecular formula is C20H16N+. The fraction of sp³-hybridized carbons (Fsp3) is 0.0500. The quantitative estimate of drug-likeness (QED) is 0.442. The number of rotatable bonds is 1. The second-order valence-electron chi connectivity index (χ2n) is 5.49. The average Bonchev–Trinajstić information content (AvgIpc) is 2.55. The monoisotopic (exact) mass is 270 g/mol. The molecule has 1 nitrogen and oxygen atoms in total. The van der Waals surface area contributed by atoms with Gasteiger partial charge in [0.2, 0.25) is 11.2 Å². The summed E-state index contributed by atoms with van der Waals surface area (Å²) < 4.78 is 0. The Morgan fingerprint density at radius 2 is 1.48 bits per heavy atom. The lowest BCUT2D eigenvalue weighted by molar-refractivity contribution is -0.330. The highest BCUT2D eigenvalue weighted by Crippen LogP contribution is 2.24. The molecule has 4 rings (SSSR count). The SMILES string of the molecule is Cc1ccc(-c2ccc3c(ccc4ccccc43)[nH+]2)cc1. The van der Waals surface area contributed by atoms with Gasteiger partial charge in [-0.25, -0.2) is 4.98 Å². The van der Waals surface area contributed by atoms with E-state index in [1.807, 2.05) is 0 Å². The van der Waals surface area contributed by atoms with Gasteiger partial charge in [0.1, 0.15) is 0 Å². The van der Waals surface area contributed by atoms with Gasteiger partial charge in [-0.2, -0.15) is 0 Å². The van der Waals surface area contributed by atoms with Gasteiger partial charge in [0, 0.05) is 17.7 Å². The number of fused-ring (bicyclic) bond motifs is 3. The molecule has 0 unspecified atom stereocenters. The van der Waals surface area contributed by atoms with E-state index in [2.05, 4.69) is 84.7 Å². The first kappa shape index (κ1) is 12.1. The van der Waals surface area contributed by atoms with E-state index in [1.54, 1.807) is 0 Å². The van der Waals surface area contributed by atoms with E-state index in [-0.39, 0.29) is 0 Å². The summed E-state index contributed by atoms with van der Waals surface area (Å²) in [7, 11) is 0. The number of pyridine rings is 1. The molecule has 0 spiro atoms. The molecule has 0 bridgehead atoms. The van der Waals surface area contributed by atoms with E-state index in [0.717, 1.165) is 5.69 Å². The van der Waals surface area contributed by atoms with Crippen molar-refractivity contribution in [3.8, 4) is 11.3 Å². The number of benzene rings is 3. The minimum atomic E-state index is 1.15. The summed E-state index contributed by atoms with van der Waals surface area (Å²) in [6, 6.07) is 25.8. The lowest BCUT2D eigenvalue weighted by Crippen LogP contribution is -2.07. The third-order valence-corrected chi connectivity index (χ3v) is 4.02. The van der Waals surface area contributed by atoms with Gasteiger partial charge in [-0.05, 0) is 42.0 Å². The lowest BCUT2D eigenvalue weighted by Gasteiger charge is -2.02. The van der Waals surface area contributed by atoms with Crippen LogP contribution in [0.3, 0.4) is 0 Å². The van der Waals surface area contributed by atoms with Crippen LogP contribution in [-0.4, -0.2) is 0 Å². The van der Waals surface area contributed by atoms with Gasteiger partial charge in [-0.3, -0.25) is 0 Å². The third-order valence-electron chi connectivity index (χ3n) is 4.02. The molecule has 0 saturated heterocycles. The maximum Gasteiger partial charge on any atom is 0.211 e. The van der Waals surface area contributed by atoms with Gasteiger partial charge in [-0.15, -0.1) is 0 Å². The van der Waals surface area contributed by atoms with Gasteiger partial charge in [0.05, 0.1) is 5.39 Å². The summed E-state index contributed by atoms with van der Waals surface area (Å²) in [6.07, 6.45) is 0. The lowest BCUT2D eigenvalue weighted by atomic mass is 10.0. The highest BCUT2D eigenvalue weighted by Gasteiger charge is 2.09. The molecule has 0 fully saturated rings. The Morgan fingerprint density at radius 3 is 2.33 bits per heavy atom. The molecule has 0 amide bonds. The topological polar surface area (TPSA) is 14.1 Å². The fourth-order valence-electron chi connectivity index (χ4n) is 2.84. The smallest absolute Gasteiger partial charge is 0.204 e. The summed E-state index contributed by atoms with van der Waals surface area (Å²) in [6.45, 7) is 2.11. The highest BCUT2D eigenvalue weighted by atomic mass is 14.7. The zero-order chi connectivity index (χ0) is 14.2. The van der Waals surface area contributed by atoms with Crippen molar-refractivity contribution in [2.24, 2.45) is 0 Å². The first-order valence-electron chi connectivity index (χ1n) is 7.22. The van der Waals surface area contributed by atoms with Crippen LogP contribution >= 0.6 is 0 Å². The Hall–Kier alpha value is -2.67. The second-order valence-corrected chi connectivity index (χ2v) is 5.49. The number of hydrogen-bond donors (Lipinski definition) is 0. The first-order valence-corrected chi connectivity index (χ1v) is 7.22. The number of H-pyrrole nitrogens is 1. The molecule has 100 valence electrons. The molecular weight excluding hydrogens is 254 g/mol. The second kappa shape index (κ2) is 4.71. The standard InChI is InChI=1S/C20H15N/c1-14-6-8-16(9-7-14)19-13-11-18-17-5-3-2-4-15(17)10-12-20(18)21-19/h2-13H,1H3/p+1. The van der Waals surface area contributed by atoms with Crippen LogP contribution in [-0.2, 0) is 0 Å². The maximum absolute atomic E-state index is 3.55. The number of nitrogens with one attached hydrogen (secondary N) is 1. The van der Waals surface area contributed by atoms with Crippen molar-refractivity contribution in [2.75, 3.05) is 0 Å². The molecule has 4 aromatic rings.